The molecule has 1 aromatic heterocycles. The summed E-state index contributed by atoms with van der Waals surface area (Å²) < 4.78 is 10.0. The Morgan fingerprint density at radius 1 is 1.30 bits per heavy atom. The summed E-state index contributed by atoms with van der Waals surface area (Å²) in [4.78, 5) is 26.5. The van der Waals surface area contributed by atoms with Crippen molar-refractivity contribution in [1.29, 1.82) is 0 Å². The molecule has 1 aromatic carbocycles. The molecule has 1 saturated heterocycles. The minimum absolute atomic E-state index is 0.196. The summed E-state index contributed by atoms with van der Waals surface area (Å²) in [7, 11) is 1.59. The molecular weight excluding hydrogens is 316 g/mol. The molecule has 0 bridgehead atoms. The normalized spacial score (nSPS) is 17.1. The number of methoxy groups -OCH3 is 1. The molecule has 1 unspecified atom stereocenters. The lowest BCUT2D eigenvalue weighted by Gasteiger charge is -2.22. The fourth-order valence-corrected chi connectivity index (χ4v) is 3.47. The van der Waals surface area contributed by atoms with E-state index in [1.54, 1.807) is 54.1 Å². The van der Waals surface area contributed by atoms with Gasteiger partial charge in [0.25, 0.3) is 5.91 Å². The first-order chi connectivity index (χ1) is 11.2. The highest BCUT2D eigenvalue weighted by Crippen LogP contribution is 2.25. The number of carbonyl (C=O) groups is 2. The number of benzene rings is 1. The minimum atomic E-state index is -0.496. The number of hydrogen-bond donors (Lipinski definition) is 1. The van der Waals surface area contributed by atoms with E-state index in [0.717, 1.165) is 5.75 Å². The van der Waals surface area contributed by atoms with Gasteiger partial charge in [0.05, 0.1) is 24.8 Å². The Hall–Kier alpha value is -2.41. The highest BCUT2D eigenvalue weighted by molar-refractivity contribution is 7.99. The minimum Gasteiger partial charge on any atom is -0.497 e. The second-order valence-corrected chi connectivity index (χ2v) is 6.02. The van der Waals surface area contributed by atoms with Crippen LogP contribution in [-0.4, -0.2) is 41.5 Å². The van der Waals surface area contributed by atoms with Crippen molar-refractivity contribution in [1.82, 2.24) is 4.90 Å². The van der Waals surface area contributed by atoms with Gasteiger partial charge in [-0.25, -0.2) is 0 Å². The number of rotatable bonds is 4. The molecule has 1 fully saturated rings. The fourth-order valence-electron chi connectivity index (χ4n) is 2.31. The summed E-state index contributed by atoms with van der Waals surface area (Å²) in [6.07, 6.45) is 2.84. The van der Waals surface area contributed by atoms with E-state index in [-0.39, 0.29) is 11.8 Å². The second-order valence-electron chi connectivity index (χ2n) is 5.02. The number of carbonyl (C=O) groups excluding carboxylic acids is 2. The number of nitrogens with zero attached hydrogens (tertiary/aromatic N) is 1. The first kappa shape index (κ1) is 15.5. The van der Waals surface area contributed by atoms with Gasteiger partial charge in [0.2, 0.25) is 5.91 Å². The molecule has 1 aliphatic rings. The number of furan rings is 1. The van der Waals surface area contributed by atoms with Crippen LogP contribution in [0.25, 0.3) is 0 Å². The molecule has 1 N–H and O–H groups in total. The third-order valence-corrected chi connectivity index (χ3v) is 4.58. The van der Waals surface area contributed by atoms with Crippen molar-refractivity contribution >= 4 is 29.3 Å². The van der Waals surface area contributed by atoms with E-state index < -0.39 is 6.04 Å². The maximum absolute atomic E-state index is 12.5. The molecular formula is C16H16N2O4S. The summed E-state index contributed by atoms with van der Waals surface area (Å²) >= 11 is 1.55. The maximum Gasteiger partial charge on any atom is 0.258 e. The van der Waals surface area contributed by atoms with Gasteiger partial charge in [-0.1, -0.05) is 0 Å². The van der Waals surface area contributed by atoms with Crippen LogP contribution in [0.2, 0.25) is 0 Å². The zero-order valence-electron chi connectivity index (χ0n) is 12.5. The molecule has 0 radical (unpaired) electrons. The third-order valence-electron chi connectivity index (χ3n) is 3.57. The van der Waals surface area contributed by atoms with Gasteiger partial charge in [0, 0.05) is 11.4 Å². The van der Waals surface area contributed by atoms with Crippen molar-refractivity contribution < 1.29 is 18.7 Å². The van der Waals surface area contributed by atoms with Crippen LogP contribution in [0.1, 0.15) is 10.4 Å². The molecule has 2 heterocycles. The zero-order chi connectivity index (χ0) is 16.2. The Morgan fingerprint density at radius 3 is 2.74 bits per heavy atom. The number of thioether (sulfide) groups is 1. The van der Waals surface area contributed by atoms with Crippen LogP contribution >= 0.6 is 11.8 Å². The molecule has 2 amide bonds. The molecule has 6 nitrogen and oxygen atoms in total. The van der Waals surface area contributed by atoms with Gasteiger partial charge in [-0.2, -0.15) is 0 Å². The average Bonchev–Trinajstić information content (AvgIpc) is 3.26. The van der Waals surface area contributed by atoms with Gasteiger partial charge >= 0.3 is 0 Å². The Kier molecular flexibility index (Phi) is 4.57. The predicted molar refractivity (Wildman–Crippen MR) is 87.6 cm³/mol. The lowest BCUT2D eigenvalue weighted by Crippen LogP contribution is -2.44. The van der Waals surface area contributed by atoms with E-state index >= 15 is 0 Å². The molecule has 3 rings (SSSR count). The van der Waals surface area contributed by atoms with Gasteiger partial charge < -0.3 is 19.4 Å². The van der Waals surface area contributed by atoms with Gasteiger partial charge in [0.1, 0.15) is 18.1 Å². The van der Waals surface area contributed by atoms with Gasteiger partial charge in [0.15, 0.2) is 0 Å². The topological polar surface area (TPSA) is 71.8 Å². The molecule has 0 saturated carbocycles. The first-order valence-electron chi connectivity index (χ1n) is 7.05. The summed E-state index contributed by atoms with van der Waals surface area (Å²) in [5.74, 6) is 1.39. The molecule has 0 spiro atoms. The van der Waals surface area contributed by atoms with Gasteiger partial charge in [-0.05, 0) is 30.3 Å². The van der Waals surface area contributed by atoms with Crippen LogP contribution < -0.4 is 10.1 Å². The molecule has 2 aromatic rings. The average molecular weight is 332 g/mol. The van der Waals surface area contributed by atoms with E-state index in [2.05, 4.69) is 5.32 Å². The van der Waals surface area contributed by atoms with E-state index in [1.165, 1.54) is 12.5 Å². The van der Waals surface area contributed by atoms with E-state index in [9.17, 15) is 9.59 Å². The summed E-state index contributed by atoms with van der Waals surface area (Å²) in [6.45, 7) is 0. The molecule has 0 aliphatic carbocycles. The Balaban J connectivity index is 1.69. The van der Waals surface area contributed by atoms with Crippen LogP contribution in [0.15, 0.2) is 47.3 Å². The highest BCUT2D eigenvalue weighted by Gasteiger charge is 2.35. The highest BCUT2D eigenvalue weighted by atomic mass is 32.2. The number of amides is 2. The lowest BCUT2D eigenvalue weighted by molar-refractivity contribution is -0.119. The monoisotopic (exact) mass is 332 g/mol. The number of ether oxygens (including phenoxy) is 1. The number of anilines is 1. The van der Waals surface area contributed by atoms with Gasteiger partial charge in [-0.3, -0.25) is 9.59 Å². The quantitative estimate of drug-likeness (QED) is 0.931. The Morgan fingerprint density at radius 2 is 2.09 bits per heavy atom. The summed E-state index contributed by atoms with van der Waals surface area (Å²) in [5, 5.41) is 2.84. The van der Waals surface area contributed by atoms with E-state index in [1.807, 2.05) is 0 Å². The van der Waals surface area contributed by atoms with Crippen molar-refractivity contribution in [3.8, 4) is 5.75 Å². The van der Waals surface area contributed by atoms with Crippen molar-refractivity contribution in [2.24, 2.45) is 0 Å². The Labute approximate surface area is 137 Å². The molecule has 1 atom stereocenters. The largest absolute Gasteiger partial charge is 0.497 e. The van der Waals surface area contributed by atoms with Crippen molar-refractivity contribution in [2.75, 3.05) is 24.1 Å². The maximum atomic E-state index is 12.5. The van der Waals surface area contributed by atoms with Crippen molar-refractivity contribution in [3.05, 3.63) is 48.4 Å². The SMILES string of the molecule is COc1ccc(NC(=O)C2CSCN2C(=O)c2ccoc2)cc1. The van der Waals surface area contributed by atoms with E-state index in [4.69, 9.17) is 9.15 Å². The third kappa shape index (κ3) is 3.34. The predicted octanol–water partition coefficient (Wildman–Crippen LogP) is 2.44. The number of nitrogens with one attached hydrogen (secondary N) is 1. The zero-order valence-corrected chi connectivity index (χ0v) is 13.3. The summed E-state index contributed by atoms with van der Waals surface area (Å²) in [5.41, 5.74) is 1.12. The second kappa shape index (κ2) is 6.78. The smallest absolute Gasteiger partial charge is 0.258 e. The molecule has 1 aliphatic heterocycles. The standard InChI is InChI=1S/C16H16N2O4S/c1-21-13-4-2-12(3-5-13)17-15(19)14-9-23-10-18(14)16(20)11-6-7-22-8-11/h2-8,14H,9-10H2,1H3,(H,17,19). The molecule has 23 heavy (non-hydrogen) atoms. The van der Waals surface area contributed by atoms with Crippen LogP contribution in [0.3, 0.4) is 0 Å². The lowest BCUT2D eigenvalue weighted by atomic mass is 10.2. The van der Waals surface area contributed by atoms with Crippen LogP contribution in [-0.2, 0) is 4.79 Å². The van der Waals surface area contributed by atoms with Crippen LogP contribution in [0, 0.1) is 0 Å². The fraction of sp³-hybridized carbons (Fsp3) is 0.250. The van der Waals surface area contributed by atoms with Crippen molar-refractivity contribution in [3.63, 3.8) is 0 Å². The van der Waals surface area contributed by atoms with E-state index in [0.29, 0.717) is 22.9 Å². The molecule has 7 heteroatoms. The van der Waals surface area contributed by atoms with Crippen LogP contribution in [0.5, 0.6) is 5.75 Å². The molecule has 120 valence electrons. The Bertz CT molecular complexity index is 685. The van der Waals surface area contributed by atoms with Crippen molar-refractivity contribution in [2.45, 2.75) is 6.04 Å². The van der Waals surface area contributed by atoms with Crippen LogP contribution in [0.4, 0.5) is 5.69 Å². The first-order valence-corrected chi connectivity index (χ1v) is 8.20. The number of hydrogen-bond acceptors (Lipinski definition) is 5. The summed E-state index contributed by atoms with van der Waals surface area (Å²) in [6, 6.07) is 8.18. The van der Waals surface area contributed by atoms with Gasteiger partial charge in [-0.15, -0.1) is 11.8 Å².